The summed E-state index contributed by atoms with van der Waals surface area (Å²) in [6, 6.07) is 0. The van der Waals surface area contributed by atoms with Crippen LogP contribution in [-0.2, 0) is 9.53 Å². The molecule has 108 valence electrons. The van der Waals surface area contributed by atoms with Crippen LogP contribution in [0.5, 0.6) is 0 Å². The van der Waals surface area contributed by atoms with Gasteiger partial charge >= 0.3 is 0 Å². The number of nitrogens with two attached hydrogens (primary N) is 1. The first-order chi connectivity index (χ1) is 8.21. The van der Waals surface area contributed by atoms with Gasteiger partial charge in [0.2, 0.25) is 5.91 Å². The van der Waals surface area contributed by atoms with Crippen LogP contribution in [-0.4, -0.2) is 31.7 Å². The van der Waals surface area contributed by atoms with Gasteiger partial charge in [0.15, 0.2) is 0 Å². The summed E-state index contributed by atoms with van der Waals surface area (Å²) >= 11 is 0. The monoisotopic (exact) mass is 258 g/mol. The lowest BCUT2D eigenvalue weighted by molar-refractivity contribution is -0.123. The van der Waals surface area contributed by atoms with Crippen molar-refractivity contribution in [3.63, 3.8) is 0 Å². The highest BCUT2D eigenvalue weighted by Gasteiger charge is 2.27. The SMILES string of the molecule is CNC(C)(CCCCOCCC(C)(C)C)C(N)=O. The van der Waals surface area contributed by atoms with Crippen LogP contribution in [0.15, 0.2) is 0 Å². The first-order valence-electron chi connectivity index (χ1n) is 6.78. The maximum Gasteiger partial charge on any atom is 0.237 e. The Morgan fingerprint density at radius 2 is 1.72 bits per heavy atom. The van der Waals surface area contributed by atoms with Gasteiger partial charge in [-0.2, -0.15) is 0 Å². The first-order valence-corrected chi connectivity index (χ1v) is 6.78. The molecule has 0 saturated heterocycles. The predicted octanol–water partition coefficient (Wildman–Crippen LogP) is 2.07. The van der Waals surface area contributed by atoms with Crippen molar-refractivity contribution >= 4 is 5.91 Å². The molecule has 1 amide bonds. The second kappa shape index (κ2) is 7.74. The van der Waals surface area contributed by atoms with Crippen molar-refractivity contribution in [3.8, 4) is 0 Å². The fourth-order valence-corrected chi connectivity index (χ4v) is 1.53. The molecule has 4 heteroatoms. The Balaban J connectivity index is 3.60. The van der Waals surface area contributed by atoms with Crippen molar-refractivity contribution in [1.82, 2.24) is 5.32 Å². The van der Waals surface area contributed by atoms with E-state index in [4.69, 9.17) is 10.5 Å². The number of carbonyl (C=O) groups excluding carboxylic acids is 1. The maximum absolute atomic E-state index is 11.3. The minimum atomic E-state index is -0.592. The van der Waals surface area contributed by atoms with Crippen molar-refractivity contribution in [2.75, 3.05) is 20.3 Å². The summed E-state index contributed by atoms with van der Waals surface area (Å²) in [5.74, 6) is -0.293. The molecular formula is C14H30N2O2. The third kappa shape index (κ3) is 7.67. The zero-order valence-electron chi connectivity index (χ0n) is 12.6. The number of amides is 1. The van der Waals surface area contributed by atoms with Crippen LogP contribution in [0.1, 0.15) is 53.4 Å². The number of carbonyl (C=O) groups is 1. The van der Waals surface area contributed by atoms with E-state index < -0.39 is 5.54 Å². The van der Waals surface area contributed by atoms with Crippen molar-refractivity contribution in [1.29, 1.82) is 0 Å². The van der Waals surface area contributed by atoms with Crippen LogP contribution < -0.4 is 11.1 Å². The fourth-order valence-electron chi connectivity index (χ4n) is 1.53. The zero-order chi connectivity index (χ0) is 14.2. The average molecular weight is 258 g/mol. The molecule has 0 aromatic rings. The summed E-state index contributed by atoms with van der Waals surface area (Å²) in [5, 5.41) is 2.98. The predicted molar refractivity (Wildman–Crippen MR) is 75.4 cm³/mol. The van der Waals surface area contributed by atoms with E-state index in [0.29, 0.717) is 5.41 Å². The molecular weight excluding hydrogens is 228 g/mol. The number of hydrogen-bond donors (Lipinski definition) is 2. The average Bonchev–Trinajstić information content (AvgIpc) is 2.25. The maximum atomic E-state index is 11.3. The molecule has 0 bridgehead atoms. The number of nitrogens with one attached hydrogen (secondary N) is 1. The van der Waals surface area contributed by atoms with Crippen molar-refractivity contribution in [2.24, 2.45) is 11.1 Å². The molecule has 0 aromatic heterocycles. The Bertz CT molecular complexity index is 249. The lowest BCUT2D eigenvalue weighted by atomic mass is 9.93. The molecule has 18 heavy (non-hydrogen) atoms. The van der Waals surface area contributed by atoms with E-state index in [2.05, 4.69) is 26.1 Å². The Labute approximate surface area is 112 Å². The normalized spacial score (nSPS) is 15.4. The molecule has 0 aromatic carbocycles. The second-order valence-electron chi connectivity index (χ2n) is 6.33. The van der Waals surface area contributed by atoms with E-state index in [0.717, 1.165) is 38.9 Å². The smallest absolute Gasteiger partial charge is 0.237 e. The van der Waals surface area contributed by atoms with E-state index in [1.54, 1.807) is 7.05 Å². The third-order valence-corrected chi connectivity index (χ3v) is 3.31. The molecule has 0 radical (unpaired) electrons. The van der Waals surface area contributed by atoms with Gasteiger partial charge in [-0.1, -0.05) is 20.8 Å². The molecule has 1 atom stereocenters. The Hall–Kier alpha value is -0.610. The minimum absolute atomic E-state index is 0.293. The van der Waals surface area contributed by atoms with E-state index >= 15 is 0 Å². The van der Waals surface area contributed by atoms with E-state index in [9.17, 15) is 4.79 Å². The molecule has 0 aliphatic heterocycles. The Morgan fingerprint density at radius 3 is 2.17 bits per heavy atom. The van der Waals surface area contributed by atoms with Gasteiger partial charge < -0.3 is 15.8 Å². The molecule has 3 N–H and O–H groups in total. The molecule has 0 fully saturated rings. The zero-order valence-corrected chi connectivity index (χ0v) is 12.6. The van der Waals surface area contributed by atoms with Crippen LogP contribution >= 0.6 is 0 Å². The summed E-state index contributed by atoms with van der Waals surface area (Å²) in [6.45, 7) is 10.0. The number of unbranched alkanes of at least 4 members (excludes halogenated alkanes) is 1. The first kappa shape index (κ1) is 17.4. The lowest BCUT2D eigenvalue weighted by Gasteiger charge is -2.25. The molecule has 0 rings (SSSR count). The fraction of sp³-hybridized carbons (Fsp3) is 0.929. The van der Waals surface area contributed by atoms with E-state index in [1.165, 1.54) is 0 Å². The highest BCUT2D eigenvalue weighted by molar-refractivity contribution is 5.84. The summed E-state index contributed by atoms with van der Waals surface area (Å²) in [6.07, 6.45) is 3.73. The number of rotatable bonds is 9. The summed E-state index contributed by atoms with van der Waals surface area (Å²) in [5.41, 5.74) is 5.10. The van der Waals surface area contributed by atoms with Crippen LogP contribution in [0.25, 0.3) is 0 Å². The topological polar surface area (TPSA) is 64.3 Å². The number of likely N-dealkylation sites (N-methyl/N-ethyl adjacent to an activating group) is 1. The van der Waals surface area contributed by atoms with Crippen LogP contribution in [0, 0.1) is 5.41 Å². The minimum Gasteiger partial charge on any atom is -0.381 e. The summed E-state index contributed by atoms with van der Waals surface area (Å²) in [4.78, 5) is 11.3. The van der Waals surface area contributed by atoms with Crippen LogP contribution in [0.2, 0.25) is 0 Å². The van der Waals surface area contributed by atoms with Gasteiger partial charge in [0.1, 0.15) is 0 Å². The van der Waals surface area contributed by atoms with Gasteiger partial charge in [-0.05, 0) is 45.1 Å². The Kier molecular flexibility index (Phi) is 7.48. The quantitative estimate of drug-likeness (QED) is 0.622. The van der Waals surface area contributed by atoms with Gasteiger partial charge in [0.25, 0.3) is 0 Å². The lowest BCUT2D eigenvalue weighted by Crippen LogP contribution is -2.51. The van der Waals surface area contributed by atoms with Crippen molar-refractivity contribution in [3.05, 3.63) is 0 Å². The molecule has 4 nitrogen and oxygen atoms in total. The number of primary amides is 1. The van der Waals surface area contributed by atoms with Crippen molar-refractivity contribution in [2.45, 2.75) is 58.9 Å². The highest BCUT2D eigenvalue weighted by atomic mass is 16.5. The van der Waals surface area contributed by atoms with Gasteiger partial charge in [-0.3, -0.25) is 4.79 Å². The highest BCUT2D eigenvalue weighted by Crippen LogP contribution is 2.18. The standard InChI is InChI=1S/C14H30N2O2/c1-13(2,3)9-11-18-10-7-6-8-14(4,16-5)12(15)17/h16H,6-11H2,1-5H3,(H2,15,17). The molecule has 0 aliphatic carbocycles. The van der Waals surface area contributed by atoms with Gasteiger partial charge in [-0.15, -0.1) is 0 Å². The third-order valence-electron chi connectivity index (χ3n) is 3.31. The number of ether oxygens (including phenoxy) is 1. The summed E-state index contributed by atoms with van der Waals surface area (Å²) < 4.78 is 5.58. The molecule has 0 heterocycles. The Morgan fingerprint density at radius 1 is 1.11 bits per heavy atom. The summed E-state index contributed by atoms with van der Waals surface area (Å²) in [7, 11) is 1.77. The largest absolute Gasteiger partial charge is 0.381 e. The molecule has 1 unspecified atom stereocenters. The molecule has 0 aliphatic rings. The van der Waals surface area contributed by atoms with Gasteiger partial charge in [0.05, 0.1) is 5.54 Å². The number of hydrogen-bond acceptors (Lipinski definition) is 3. The van der Waals surface area contributed by atoms with E-state index in [1.807, 2.05) is 6.92 Å². The van der Waals surface area contributed by atoms with Gasteiger partial charge in [-0.25, -0.2) is 0 Å². The molecule has 0 spiro atoms. The van der Waals surface area contributed by atoms with Crippen molar-refractivity contribution < 1.29 is 9.53 Å². The van der Waals surface area contributed by atoms with E-state index in [-0.39, 0.29) is 5.91 Å². The molecule has 0 saturated carbocycles. The van der Waals surface area contributed by atoms with Crippen LogP contribution in [0.4, 0.5) is 0 Å². The van der Waals surface area contributed by atoms with Crippen LogP contribution in [0.3, 0.4) is 0 Å². The van der Waals surface area contributed by atoms with Gasteiger partial charge in [0, 0.05) is 13.2 Å². The second-order valence-corrected chi connectivity index (χ2v) is 6.33.